The highest BCUT2D eigenvalue weighted by Gasteiger charge is 2.41. The van der Waals surface area contributed by atoms with Crippen molar-refractivity contribution in [1.29, 1.82) is 0 Å². The van der Waals surface area contributed by atoms with Gasteiger partial charge in [-0.3, -0.25) is 4.79 Å². The van der Waals surface area contributed by atoms with Crippen molar-refractivity contribution in [2.75, 3.05) is 0 Å². The molecule has 0 radical (unpaired) electrons. The number of rotatable bonds is 6. The number of Topliss-reactive ketones (excluding diaryl/α,β-unsaturated/α-hetero) is 1. The molecule has 0 bridgehead atoms. The van der Waals surface area contributed by atoms with Crippen LogP contribution in [0.15, 0.2) is 92.4 Å². The number of hydrogen-bond donors (Lipinski definition) is 0. The van der Waals surface area contributed by atoms with Crippen molar-refractivity contribution in [3.8, 4) is 0 Å². The van der Waals surface area contributed by atoms with Gasteiger partial charge in [-0.15, -0.1) is 0 Å². The van der Waals surface area contributed by atoms with E-state index in [9.17, 15) is 0 Å². The Hall–Kier alpha value is -2.75. The van der Waals surface area contributed by atoms with E-state index in [1.807, 2.05) is 23.5 Å². The first-order chi connectivity index (χ1) is 18.6. The van der Waals surface area contributed by atoms with Gasteiger partial charge in [-0.05, 0) is 82.3 Å². The standard InChI is InChI=1S/C35H34OS2/c1-5-21-17-23(7-3)34-27(19-21)31(25-13-9-11-15-29(25)37-34)33(36)32-26-14-10-12-16-30(26)38-35-24(8-4)18-22(6-2)20-28(32)35/h9-20,31-32H,5-8H2,1-4H3. The van der Waals surface area contributed by atoms with Crippen LogP contribution in [0.1, 0.15) is 84.0 Å². The van der Waals surface area contributed by atoms with Gasteiger partial charge in [-0.25, -0.2) is 0 Å². The lowest BCUT2D eigenvalue weighted by molar-refractivity contribution is -0.120. The Balaban J connectivity index is 1.61. The Labute approximate surface area is 235 Å². The largest absolute Gasteiger partial charge is 0.298 e. The second-order valence-corrected chi connectivity index (χ2v) is 12.4. The Kier molecular flexibility index (Phi) is 7.01. The van der Waals surface area contributed by atoms with Crippen LogP contribution >= 0.6 is 23.5 Å². The van der Waals surface area contributed by atoms with Gasteiger partial charge in [0.2, 0.25) is 0 Å². The highest BCUT2D eigenvalue weighted by Crippen LogP contribution is 2.54. The summed E-state index contributed by atoms with van der Waals surface area (Å²) in [5.41, 5.74) is 10.1. The second kappa shape index (κ2) is 10.4. The molecule has 6 rings (SSSR count). The molecule has 2 aliphatic rings. The smallest absolute Gasteiger partial charge is 0.156 e. The molecule has 2 aliphatic heterocycles. The van der Waals surface area contributed by atoms with Crippen LogP contribution in [0.4, 0.5) is 0 Å². The topological polar surface area (TPSA) is 17.1 Å². The van der Waals surface area contributed by atoms with Crippen LogP contribution in [0, 0.1) is 0 Å². The molecular formula is C35H34OS2. The third-order valence-electron chi connectivity index (χ3n) is 8.16. The normalized spacial score (nSPS) is 17.3. The van der Waals surface area contributed by atoms with Crippen LogP contribution in [-0.2, 0) is 30.5 Å². The number of fused-ring (bicyclic) bond motifs is 4. The van der Waals surface area contributed by atoms with Gasteiger partial charge in [0.25, 0.3) is 0 Å². The van der Waals surface area contributed by atoms with Crippen molar-refractivity contribution in [2.24, 2.45) is 0 Å². The summed E-state index contributed by atoms with van der Waals surface area (Å²) in [6, 6.07) is 26.5. The zero-order valence-electron chi connectivity index (χ0n) is 22.6. The van der Waals surface area contributed by atoms with Crippen molar-refractivity contribution in [3.05, 3.63) is 117 Å². The minimum Gasteiger partial charge on any atom is -0.298 e. The summed E-state index contributed by atoms with van der Waals surface area (Å²) < 4.78 is 0. The highest BCUT2D eigenvalue weighted by atomic mass is 32.2. The zero-order chi connectivity index (χ0) is 26.4. The average molecular weight is 535 g/mol. The fourth-order valence-electron chi connectivity index (χ4n) is 6.13. The predicted molar refractivity (Wildman–Crippen MR) is 160 cm³/mol. The minimum absolute atomic E-state index is 0.274. The van der Waals surface area contributed by atoms with Gasteiger partial charge in [0.1, 0.15) is 0 Å². The van der Waals surface area contributed by atoms with Crippen LogP contribution in [0.25, 0.3) is 0 Å². The van der Waals surface area contributed by atoms with E-state index in [2.05, 4.69) is 100 Å². The Morgan fingerprint density at radius 1 is 0.579 bits per heavy atom. The molecule has 0 amide bonds. The molecule has 2 heterocycles. The second-order valence-electron chi connectivity index (χ2n) is 10.3. The molecule has 0 spiro atoms. The van der Waals surface area contributed by atoms with E-state index in [0.29, 0.717) is 5.78 Å². The lowest BCUT2D eigenvalue weighted by Crippen LogP contribution is -2.27. The molecule has 4 aromatic carbocycles. The summed E-state index contributed by atoms with van der Waals surface area (Å²) in [7, 11) is 0. The van der Waals surface area contributed by atoms with Gasteiger partial charge in [0.05, 0.1) is 11.8 Å². The fraction of sp³-hybridized carbons (Fsp3) is 0.286. The molecule has 0 fully saturated rings. The maximum absolute atomic E-state index is 15.2. The van der Waals surface area contributed by atoms with Gasteiger partial charge in [0, 0.05) is 19.6 Å². The summed E-state index contributed by atoms with van der Waals surface area (Å²) in [6.07, 6.45) is 3.88. The molecule has 0 saturated heterocycles. The van der Waals surface area contributed by atoms with Crippen molar-refractivity contribution in [3.63, 3.8) is 0 Å². The van der Waals surface area contributed by atoms with Crippen LogP contribution in [0.2, 0.25) is 0 Å². The number of carbonyl (C=O) groups excluding carboxylic acids is 1. The van der Waals surface area contributed by atoms with E-state index in [1.165, 1.54) is 53.0 Å². The van der Waals surface area contributed by atoms with Crippen LogP contribution in [-0.4, -0.2) is 5.78 Å². The quantitative estimate of drug-likeness (QED) is 0.245. The lowest BCUT2D eigenvalue weighted by atomic mass is 9.75. The molecule has 0 aromatic heterocycles. The van der Waals surface area contributed by atoms with Gasteiger partial charge >= 0.3 is 0 Å². The Bertz CT molecular complexity index is 1440. The van der Waals surface area contributed by atoms with Gasteiger partial charge in [0.15, 0.2) is 5.78 Å². The maximum atomic E-state index is 15.2. The summed E-state index contributed by atoms with van der Waals surface area (Å²) in [5, 5.41) is 0. The number of benzene rings is 4. The van der Waals surface area contributed by atoms with E-state index < -0.39 is 0 Å². The minimum atomic E-state index is -0.274. The molecule has 2 atom stereocenters. The molecule has 2 unspecified atom stereocenters. The monoisotopic (exact) mass is 534 g/mol. The van der Waals surface area contributed by atoms with E-state index in [1.54, 1.807) is 0 Å². The molecule has 192 valence electrons. The van der Waals surface area contributed by atoms with Gasteiger partial charge in [-0.1, -0.05) is 112 Å². The highest BCUT2D eigenvalue weighted by molar-refractivity contribution is 7.99. The molecule has 4 aromatic rings. The zero-order valence-corrected chi connectivity index (χ0v) is 24.3. The third kappa shape index (κ3) is 4.15. The molecular weight excluding hydrogens is 501 g/mol. The van der Waals surface area contributed by atoms with Gasteiger partial charge in [-0.2, -0.15) is 0 Å². The van der Waals surface area contributed by atoms with Gasteiger partial charge < -0.3 is 0 Å². The summed E-state index contributed by atoms with van der Waals surface area (Å²) in [6.45, 7) is 8.89. The summed E-state index contributed by atoms with van der Waals surface area (Å²) in [5.74, 6) is -0.245. The molecule has 3 heteroatoms. The number of aryl methyl sites for hydroxylation is 4. The number of ketones is 1. The van der Waals surface area contributed by atoms with Crippen molar-refractivity contribution in [2.45, 2.75) is 84.8 Å². The summed E-state index contributed by atoms with van der Waals surface area (Å²) >= 11 is 3.70. The molecule has 1 nitrogen and oxygen atoms in total. The number of carbonyl (C=O) groups is 1. The first-order valence-corrected chi connectivity index (χ1v) is 15.6. The van der Waals surface area contributed by atoms with E-state index >= 15 is 4.79 Å². The number of hydrogen-bond acceptors (Lipinski definition) is 3. The van der Waals surface area contributed by atoms with Crippen LogP contribution in [0.5, 0.6) is 0 Å². The van der Waals surface area contributed by atoms with Crippen molar-refractivity contribution < 1.29 is 4.79 Å². The lowest BCUT2D eigenvalue weighted by Gasteiger charge is -2.35. The van der Waals surface area contributed by atoms with E-state index in [0.717, 1.165) is 36.8 Å². The Morgan fingerprint density at radius 3 is 1.39 bits per heavy atom. The molecule has 0 saturated carbocycles. The van der Waals surface area contributed by atoms with E-state index in [-0.39, 0.29) is 11.8 Å². The first-order valence-electron chi connectivity index (χ1n) is 14.0. The fourth-order valence-corrected chi connectivity index (χ4v) is 8.73. The average Bonchev–Trinajstić information content (AvgIpc) is 2.97. The SMILES string of the molecule is CCc1cc(CC)c2c(c1)C(C(=O)C1c3ccccc3Sc3c(CC)cc(CC)cc31)c1ccccc1S2. The van der Waals surface area contributed by atoms with E-state index in [4.69, 9.17) is 0 Å². The maximum Gasteiger partial charge on any atom is 0.156 e. The third-order valence-corrected chi connectivity index (χ3v) is 10.7. The molecule has 0 N–H and O–H groups in total. The molecule has 38 heavy (non-hydrogen) atoms. The first kappa shape index (κ1) is 25.5. The van der Waals surface area contributed by atoms with Crippen LogP contribution in [0.3, 0.4) is 0 Å². The van der Waals surface area contributed by atoms with Crippen LogP contribution < -0.4 is 0 Å². The van der Waals surface area contributed by atoms with Crippen molar-refractivity contribution >= 4 is 29.3 Å². The van der Waals surface area contributed by atoms with Crippen molar-refractivity contribution in [1.82, 2.24) is 0 Å². The Morgan fingerprint density at radius 2 is 1.00 bits per heavy atom. The predicted octanol–water partition coefficient (Wildman–Crippen LogP) is 9.40. The molecule has 0 aliphatic carbocycles. The summed E-state index contributed by atoms with van der Waals surface area (Å²) in [4.78, 5) is 20.2.